The van der Waals surface area contributed by atoms with E-state index in [2.05, 4.69) is 0 Å². The van der Waals surface area contributed by atoms with E-state index >= 15 is 0 Å². The average molecular weight is 637 g/mol. The number of phenols is 8. The van der Waals surface area contributed by atoms with E-state index in [1.54, 1.807) is 0 Å². The fraction of sp³-hybridized carbons (Fsp3) is 0.219. The van der Waals surface area contributed by atoms with E-state index in [0.29, 0.717) is 0 Å². The molecule has 6 rings (SSSR count). The Kier molecular flexibility index (Phi) is 7.25. The highest BCUT2D eigenvalue weighted by Crippen LogP contribution is 2.54. The van der Waals surface area contributed by atoms with Crippen LogP contribution in [0, 0.1) is 0 Å². The zero-order valence-electron chi connectivity index (χ0n) is 23.6. The lowest BCUT2D eigenvalue weighted by Crippen LogP contribution is -2.32. The molecule has 2 aliphatic rings. The van der Waals surface area contributed by atoms with E-state index in [1.807, 2.05) is 0 Å². The van der Waals surface area contributed by atoms with Gasteiger partial charge in [0.25, 0.3) is 0 Å². The van der Waals surface area contributed by atoms with Gasteiger partial charge < -0.3 is 65.6 Å². The molecule has 4 aromatic carbocycles. The summed E-state index contributed by atoms with van der Waals surface area (Å²) in [6.45, 7) is 0. The van der Waals surface area contributed by atoms with Gasteiger partial charge in [-0.2, -0.15) is 0 Å². The number of hydrogen-bond acceptors (Lipinski definition) is 13. The number of aliphatic hydroxyl groups excluding tert-OH is 2. The van der Waals surface area contributed by atoms with Gasteiger partial charge in [0.15, 0.2) is 23.0 Å². The number of carboxylic acids is 1. The Labute approximate surface area is 259 Å². The molecule has 240 valence electrons. The largest absolute Gasteiger partial charge is 0.507 e. The molecule has 2 heterocycles. The summed E-state index contributed by atoms with van der Waals surface area (Å²) in [6.07, 6.45) is -5.67. The van der Waals surface area contributed by atoms with Crippen molar-refractivity contribution < 1.29 is 70.4 Å². The number of benzene rings is 4. The highest BCUT2D eigenvalue weighted by atomic mass is 16.5. The van der Waals surface area contributed by atoms with Gasteiger partial charge in [-0.3, -0.25) is 4.79 Å². The van der Waals surface area contributed by atoms with E-state index in [9.17, 15) is 61.0 Å². The lowest BCUT2D eigenvalue weighted by Gasteiger charge is -2.35. The lowest BCUT2D eigenvalue weighted by molar-refractivity contribution is -0.137. The van der Waals surface area contributed by atoms with E-state index in [4.69, 9.17) is 9.47 Å². The van der Waals surface area contributed by atoms with Crippen molar-refractivity contribution in [3.05, 3.63) is 81.9 Å². The van der Waals surface area contributed by atoms with E-state index in [0.717, 1.165) is 24.3 Å². The van der Waals surface area contributed by atoms with Gasteiger partial charge in [-0.25, -0.2) is 0 Å². The molecule has 0 fully saturated rings. The standard InChI is InChI=1S/C32H28O14/c33-15-3-1-11(5-18(15)36)29-23(41)8-14-24(45-29)10-21(39)25(28(14)42)27(32(43)44)26-20(38)9-17(35)13-7-22(40)30(46-31(13)26)12-2-4-16(34)19(37)6-12/h1-6,9-10,22-23,27,29-30,33-42H,7-8H2,(H,43,44)/t22-,23-,27?,29+,30+/m0/s1. The van der Waals surface area contributed by atoms with Crippen molar-refractivity contribution >= 4 is 5.97 Å². The van der Waals surface area contributed by atoms with Gasteiger partial charge in [-0.05, 0) is 35.4 Å². The molecule has 0 spiro atoms. The third-order valence-electron chi connectivity index (χ3n) is 8.26. The van der Waals surface area contributed by atoms with E-state index < -0.39 is 93.4 Å². The van der Waals surface area contributed by atoms with Crippen molar-refractivity contribution in [2.75, 3.05) is 0 Å². The van der Waals surface area contributed by atoms with Crippen LogP contribution in [0.5, 0.6) is 57.5 Å². The van der Waals surface area contributed by atoms with Gasteiger partial charge in [0.1, 0.15) is 52.6 Å². The summed E-state index contributed by atoms with van der Waals surface area (Å²) in [5.41, 5.74) is -0.819. The molecule has 0 aromatic heterocycles. The van der Waals surface area contributed by atoms with Crippen LogP contribution in [-0.4, -0.2) is 74.3 Å². The molecule has 11 N–H and O–H groups in total. The highest BCUT2D eigenvalue weighted by Gasteiger charge is 2.42. The number of ether oxygens (including phenoxy) is 2. The molecule has 0 saturated carbocycles. The SMILES string of the molecule is O=C(O)C(c1c(O)cc2c(c1O)C[C@H](O)[C@@H](c1ccc(O)c(O)c1)O2)c1c(O)cc(O)c2c1O[C@H](c1ccc(O)c(O)c1)[C@@H](O)C2. The van der Waals surface area contributed by atoms with Crippen molar-refractivity contribution in [2.24, 2.45) is 0 Å². The minimum absolute atomic E-state index is 0.0771. The van der Waals surface area contributed by atoms with Gasteiger partial charge >= 0.3 is 5.97 Å². The second-order valence-electron chi connectivity index (χ2n) is 11.2. The molecule has 5 atom stereocenters. The van der Waals surface area contributed by atoms with Crippen molar-refractivity contribution in [1.82, 2.24) is 0 Å². The zero-order chi connectivity index (χ0) is 33.2. The predicted molar refractivity (Wildman–Crippen MR) is 155 cm³/mol. The molecule has 0 bridgehead atoms. The molecule has 0 saturated heterocycles. The normalized spacial score (nSPS) is 20.9. The monoisotopic (exact) mass is 636 g/mol. The lowest BCUT2D eigenvalue weighted by atomic mass is 9.82. The van der Waals surface area contributed by atoms with E-state index in [1.165, 1.54) is 24.3 Å². The zero-order valence-corrected chi connectivity index (χ0v) is 23.6. The number of carboxylic acid groups (broad SMARTS) is 1. The molecular formula is C32H28O14. The van der Waals surface area contributed by atoms with E-state index in [-0.39, 0.29) is 46.6 Å². The second-order valence-corrected chi connectivity index (χ2v) is 11.2. The van der Waals surface area contributed by atoms with Crippen LogP contribution in [-0.2, 0) is 17.6 Å². The first-order valence-electron chi connectivity index (χ1n) is 13.9. The number of phenolic OH excluding ortho intramolecular Hbond substituents is 8. The van der Waals surface area contributed by atoms with Gasteiger partial charge in [-0.1, -0.05) is 12.1 Å². The maximum absolute atomic E-state index is 12.9. The Bertz CT molecular complexity index is 1890. The van der Waals surface area contributed by atoms with Crippen molar-refractivity contribution in [3.8, 4) is 57.5 Å². The number of aliphatic carboxylic acids is 1. The first-order valence-corrected chi connectivity index (χ1v) is 13.9. The number of fused-ring (bicyclic) bond motifs is 2. The Balaban J connectivity index is 1.46. The molecule has 14 nitrogen and oxygen atoms in total. The molecule has 46 heavy (non-hydrogen) atoms. The predicted octanol–water partition coefficient (Wildman–Crippen LogP) is 2.62. The smallest absolute Gasteiger partial charge is 0.316 e. The molecule has 4 aromatic rings. The summed E-state index contributed by atoms with van der Waals surface area (Å²) in [5, 5.41) is 116. The summed E-state index contributed by atoms with van der Waals surface area (Å²) >= 11 is 0. The number of hydrogen-bond donors (Lipinski definition) is 11. The van der Waals surface area contributed by atoms with Crippen LogP contribution < -0.4 is 9.47 Å². The van der Waals surface area contributed by atoms with Crippen LogP contribution >= 0.6 is 0 Å². The van der Waals surface area contributed by atoms with Crippen LogP contribution in [0.3, 0.4) is 0 Å². The fourth-order valence-electron chi connectivity index (χ4n) is 6.04. The Hall–Kier alpha value is -5.73. The summed E-state index contributed by atoms with van der Waals surface area (Å²) in [6, 6.07) is 9.21. The average Bonchev–Trinajstić information content (AvgIpc) is 2.99. The first-order chi connectivity index (χ1) is 21.8. The van der Waals surface area contributed by atoms with Crippen LogP contribution in [0.4, 0.5) is 0 Å². The molecule has 1 unspecified atom stereocenters. The van der Waals surface area contributed by atoms with Crippen LogP contribution in [0.15, 0.2) is 48.5 Å². The van der Waals surface area contributed by atoms with Crippen LogP contribution in [0.1, 0.15) is 51.5 Å². The van der Waals surface area contributed by atoms with Crippen LogP contribution in [0.25, 0.3) is 0 Å². The fourth-order valence-corrected chi connectivity index (χ4v) is 6.04. The van der Waals surface area contributed by atoms with Crippen molar-refractivity contribution in [3.63, 3.8) is 0 Å². The maximum Gasteiger partial charge on any atom is 0.316 e. The summed E-state index contributed by atoms with van der Waals surface area (Å²) in [4.78, 5) is 12.9. The number of aliphatic hydroxyl groups is 2. The number of carbonyl (C=O) groups is 1. The first kappa shape index (κ1) is 30.3. The molecule has 2 aliphatic heterocycles. The molecule has 0 radical (unpaired) electrons. The van der Waals surface area contributed by atoms with Crippen LogP contribution in [0.2, 0.25) is 0 Å². The second kappa shape index (κ2) is 11.0. The van der Waals surface area contributed by atoms with Gasteiger partial charge in [0, 0.05) is 36.1 Å². The molecule has 0 aliphatic carbocycles. The third kappa shape index (κ3) is 4.89. The van der Waals surface area contributed by atoms with Gasteiger partial charge in [0.2, 0.25) is 0 Å². The van der Waals surface area contributed by atoms with Crippen molar-refractivity contribution in [1.29, 1.82) is 0 Å². The topological polar surface area (TPSA) is 258 Å². The Morgan fingerprint density at radius 1 is 0.609 bits per heavy atom. The minimum atomic E-state index is -2.03. The van der Waals surface area contributed by atoms with Crippen molar-refractivity contribution in [2.45, 2.75) is 43.2 Å². The maximum atomic E-state index is 12.9. The third-order valence-corrected chi connectivity index (χ3v) is 8.26. The summed E-state index contributed by atoms with van der Waals surface area (Å²) < 4.78 is 11.8. The van der Waals surface area contributed by atoms with Gasteiger partial charge in [-0.15, -0.1) is 0 Å². The Morgan fingerprint density at radius 2 is 1.13 bits per heavy atom. The molecular weight excluding hydrogens is 608 g/mol. The minimum Gasteiger partial charge on any atom is -0.507 e. The molecule has 0 amide bonds. The summed E-state index contributed by atoms with van der Waals surface area (Å²) in [7, 11) is 0. The summed E-state index contributed by atoms with van der Waals surface area (Å²) in [5.74, 6) is -8.90. The molecule has 14 heteroatoms. The quantitative estimate of drug-likeness (QED) is 0.141. The number of aromatic hydroxyl groups is 8. The Morgan fingerprint density at radius 3 is 1.67 bits per heavy atom. The van der Waals surface area contributed by atoms with Gasteiger partial charge in [0.05, 0.1) is 23.3 Å². The highest BCUT2D eigenvalue weighted by molar-refractivity contribution is 5.86. The number of rotatable bonds is 5.